The largest absolute Gasteiger partial charge is 0.465 e. The maximum Gasteiger partial charge on any atom is 0.404 e. The molecule has 156 valence electrons. The van der Waals surface area contributed by atoms with Gasteiger partial charge >= 0.3 is 6.09 Å². The van der Waals surface area contributed by atoms with Crippen LogP contribution in [0.1, 0.15) is 11.1 Å². The van der Waals surface area contributed by atoms with Crippen LogP contribution in [0, 0.1) is 0 Å². The molecule has 0 spiro atoms. The third kappa shape index (κ3) is 6.06. The van der Waals surface area contributed by atoms with Gasteiger partial charge in [0.1, 0.15) is 0 Å². The number of amides is 2. The van der Waals surface area contributed by atoms with E-state index in [2.05, 4.69) is 22.0 Å². The number of nitrogens with one attached hydrogen (secondary N) is 3. The van der Waals surface area contributed by atoms with Crippen LogP contribution in [-0.2, 0) is 17.6 Å². The summed E-state index contributed by atoms with van der Waals surface area (Å²) in [5, 5.41) is 20.0. The third-order valence-corrected chi connectivity index (χ3v) is 5.08. The van der Waals surface area contributed by atoms with E-state index in [-0.39, 0.29) is 11.9 Å². The fourth-order valence-electron chi connectivity index (χ4n) is 3.57. The Morgan fingerprint density at radius 1 is 0.867 bits per heavy atom. The lowest BCUT2D eigenvalue weighted by Gasteiger charge is -2.23. The van der Waals surface area contributed by atoms with Gasteiger partial charge in [-0.05, 0) is 34.7 Å². The van der Waals surface area contributed by atoms with Gasteiger partial charge in [0.2, 0.25) is 5.91 Å². The summed E-state index contributed by atoms with van der Waals surface area (Å²) in [5.74, 6) is -0.126. The number of hydrogen-bond acceptors (Lipinski definition) is 3. The molecule has 0 saturated carbocycles. The highest BCUT2D eigenvalue weighted by Crippen LogP contribution is 2.16. The first-order valence-corrected chi connectivity index (χ1v) is 10.0. The summed E-state index contributed by atoms with van der Waals surface area (Å²) in [7, 11) is 1.60. The van der Waals surface area contributed by atoms with Crippen molar-refractivity contribution in [1.29, 1.82) is 0 Å². The normalized spacial score (nSPS) is 12.8. The fraction of sp³-hybridized carbons (Fsp3) is 0.250. The van der Waals surface area contributed by atoms with Crippen molar-refractivity contribution in [3.63, 3.8) is 0 Å². The van der Waals surface area contributed by atoms with E-state index in [9.17, 15) is 14.7 Å². The van der Waals surface area contributed by atoms with E-state index in [4.69, 9.17) is 0 Å². The van der Waals surface area contributed by atoms with Gasteiger partial charge in [0.05, 0.1) is 6.04 Å². The molecule has 3 rings (SSSR count). The Kier molecular flexibility index (Phi) is 7.40. The van der Waals surface area contributed by atoms with Crippen molar-refractivity contribution in [2.75, 3.05) is 13.6 Å². The predicted octanol–water partition coefficient (Wildman–Crippen LogP) is 2.97. The molecule has 2 amide bonds. The lowest BCUT2D eigenvalue weighted by molar-refractivity contribution is -0.122. The summed E-state index contributed by atoms with van der Waals surface area (Å²) in [4.78, 5) is 23.7. The number of fused-ring (bicyclic) bond motifs is 1. The van der Waals surface area contributed by atoms with E-state index in [0.29, 0.717) is 19.4 Å². The number of hydrogen-bond donors (Lipinski definition) is 4. The van der Waals surface area contributed by atoms with E-state index in [1.165, 1.54) is 0 Å². The highest BCUT2D eigenvalue weighted by molar-refractivity contribution is 5.83. The van der Waals surface area contributed by atoms with Crippen molar-refractivity contribution >= 4 is 22.8 Å². The first-order valence-electron chi connectivity index (χ1n) is 10.0. The minimum atomic E-state index is -1.08. The van der Waals surface area contributed by atoms with Crippen LogP contribution >= 0.6 is 0 Å². The Balaban J connectivity index is 1.70. The molecular weight excluding hydrogens is 378 g/mol. The van der Waals surface area contributed by atoms with E-state index < -0.39 is 12.1 Å². The molecule has 0 aliphatic rings. The zero-order valence-electron chi connectivity index (χ0n) is 17.0. The maximum atomic E-state index is 12.3. The van der Waals surface area contributed by atoms with Crippen LogP contribution in [0.2, 0.25) is 0 Å². The molecule has 3 aromatic carbocycles. The number of rotatable bonds is 9. The molecule has 0 aliphatic heterocycles. The first-order chi connectivity index (χ1) is 14.5. The monoisotopic (exact) mass is 405 g/mol. The van der Waals surface area contributed by atoms with Gasteiger partial charge in [-0.3, -0.25) is 4.79 Å². The Bertz CT molecular complexity index is 991. The average Bonchev–Trinajstić information content (AvgIpc) is 2.76. The van der Waals surface area contributed by atoms with Gasteiger partial charge < -0.3 is 21.1 Å². The van der Waals surface area contributed by atoms with E-state index >= 15 is 0 Å². The molecule has 1 unspecified atom stereocenters. The van der Waals surface area contributed by atoms with Crippen LogP contribution in [0.3, 0.4) is 0 Å². The lowest BCUT2D eigenvalue weighted by Crippen LogP contribution is -2.50. The molecule has 0 radical (unpaired) electrons. The quantitative estimate of drug-likeness (QED) is 0.441. The molecule has 6 heteroatoms. The number of likely N-dealkylation sites (N-methyl/N-ethyl adjacent to an activating group) is 1. The molecule has 0 heterocycles. The van der Waals surface area contributed by atoms with Crippen molar-refractivity contribution in [3.05, 3.63) is 83.9 Å². The van der Waals surface area contributed by atoms with Crippen molar-refractivity contribution in [3.8, 4) is 0 Å². The van der Waals surface area contributed by atoms with E-state index in [1.807, 2.05) is 66.7 Å². The lowest BCUT2D eigenvalue weighted by atomic mass is 10.0. The van der Waals surface area contributed by atoms with Crippen LogP contribution < -0.4 is 16.0 Å². The topological polar surface area (TPSA) is 90.5 Å². The summed E-state index contributed by atoms with van der Waals surface area (Å²) >= 11 is 0. The summed E-state index contributed by atoms with van der Waals surface area (Å²) in [6.07, 6.45) is -0.0335. The molecule has 4 N–H and O–H groups in total. The highest BCUT2D eigenvalue weighted by atomic mass is 16.4. The predicted molar refractivity (Wildman–Crippen MR) is 119 cm³/mol. The van der Waals surface area contributed by atoms with Crippen molar-refractivity contribution in [1.82, 2.24) is 16.0 Å². The molecule has 3 aromatic rings. The summed E-state index contributed by atoms with van der Waals surface area (Å²) < 4.78 is 0. The highest BCUT2D eigenvalue weighted by Gasteiger charge is 2.20. The van der Waals surface area contributed by atoms with Gasteiger partial charge in [-0.1, -0.05) is 72.8 Å². The van der Waals surface area contributed by atoms with Crippen molar-refractivity contribution in [2.24, 2.45) is 0 Å². The summed E-state index contributed by atoms with van der Waals surface area (Å²) in [5.41, 5.74) is 2.07. The zero-order valence-corrected chi connectivity index (χ0v) is 17.0. The van der Waals surface area contributed by atoms with Crippen LogP contribution in [-0.4, -0.2) is 42.8 Å². The number of carbonyl (C=O) groups excluding carboxylic acids is 1. The molecule has 0 saturated heterocycles. The van der Waals surface area contributed by atoms with Crippen LogP contribution in [0.4, 0.5) is 4.79 Å². The third-order valence-electron chi connectivity index (χ3n) is 5.08. The number of benzene rings is 3. The van der Waals surface area contributed by atoms with Crippen molar-refractivity contribution in [2.45, 2.75) is 24.9 Å². The van der Waals surface area contributed by atoms with Gasteiger partial charge in [-0.15, -0.1) is 0 Å². The number of carboxylic acid groups (broad SMARTS) is 1. The van der Waals surface area contributed by atoms with Gasteiger partial charge in [0.25, 0.3) is 0 Å². The Labute approximate surface area is 176 Å². The van der Waals surface area contributed by atoms with Crippen molar-refractivity contribution < 1.29 is 14.7 Å². The molecule has 0 aromatic heterocycles. The minimum absolute atomic E-state index is 0.126. The smallest absolute Gasteiger partial charge is 0.404 e. The molecule has 0 aliphatic carbocycles. The standard InChI is InChI=1S/C24H27N3O3/c1-25-23(28)22(15-17-7-3-2-4-8-17)26-16-21(27-24(29)30)14-18-11-12-19-9-5-6-10-20(19)13-18/h2-13,21-22,26-27H,14-16H2,1H3,(H,25,28)(H,29,30)/t21-,22?/m1/s1. The van der Waals surface area contributed by atoms with Crippen LogP contribution in [0.15, 0.2) is 72.8 Å². The van der Waals surface area contributed by atoms with Gasteiger partial charge in [-0.25, -0.2) is 4.79 Å². The Morgan fingerprint density at radius 3 is 2.27 bits per heavy atom. The second-order valence-corrected chi connectivity index (χ2v) is 7.30. The van der Waals surface area contributed by atoms with E-state index in [1.54, 1.807) is 7.05 Å². The van der Waals surface area contributed by atoms with Gasteiger partial charge in [-0.2, -0.15) is 0 Å². The summed E-state index contributed by atoms with van der Waals surface area (Å²) in [6.45, 7) is 0.337. The molecule has 0 fully saturated rings. The Hall–Kier alpha value is -3.38. The molecular formula is C24H27N3O3. The zero-order chi connectivity index (χ0) is 21.3. The van der Waals surface area contributed by atoms with Crippen LogP contribution in [0.5, 0.6) is 0 Å². The SMILES string of the molecule is CNC(=O)C(Cc1ccccc1)NC[C@@H](Cc1ccc2ccccc2c1)NC(=O)O. The molecule has 6 nitrogen and oxygen atoms in total. The average molecular weight is 405 g/mol. The first kappa shape index (κ1) is 21.3. The maximum absolute atomic E-state index is 12.3. The van der Waals surface area contributed by atoms with E-state index in [0.717, 1.165) is 21.9 Å². The van der Waals surface area contributed by atoms with Gasteiger partial charge in [0.15, 0.2) is 0 Å². The molecule has 30 heavy (non-hydrogen) atoms. The molecule has 0 bridgehead atoms. The second kappa shape index (κ2) is 10.4. The van der Waals surface area contributed by atoms with Crippen LogP contribution in [0.25, 0.3) is 10.8 Å². The summed E-state index contributed by atoms with van der Waals surface area (Å²) in [6, 6.07) is 23.1. The molecule has 2 atom stereocenters. The van der Waals surface area contributed by atoms with Gasteiger partial charge in [0, 0.05) is 19.6 Å². The number of carbonyl (C=O) groups is 2. The second-order valence-electron chi connectivity index (χ2n) is 7.30. The Morgan fingerprint density at radius 2 is 1.57 bits per heavy atom. The minimum Gasteiger partial charge on any atom is -0.465 e. The fourth-order valence-corrected chi connectivity index (χ4v) is 3.57.